The van der Waals surface area contributed by atoms with Crippen molar-refractivity contribution in [2.45, 2.75) is 25.3 Å². The minimum atomic E-state index is -1.04. The number of hydrogen-bond donors (Lipinski definition) is 2. The first-order chi connectivity index (χ1) is 10.0. The van der Waals surface area contributed by atoms with Gasteiger partial charge < -0.3 is 11.1 Å². The molecule has 0 saturated heterocycles. The summed E-state index contributed by atoms with van der Waals surface area (Å²) in [5.41, 5.74) is 7.78. The minimum Gasteiger partial charge on any atom is -0.368 e. The molecule has 0 radical (unpaired) electrons. The smallest absolute Gasteiger partial charge is 0.247 e. The molecule has 21 heavy (non-hydrogen) atoms. The molecule has 2 aromatic rings. The van der Waals surface area contributed by atoms with Crippen molar-refractivity contribution in [2.24, 2.45) is 5.73 Å². The van der Waals surface area contributed by atoms with Crippen molar-refractivity contribution < 1.29 is 9.18 Å². The van der Waals surface area contributed by atoms with Gasteiger partial charge in [-0.2, -0.15) is 0 Å². The number of carbonyl (C=O) groups excluding carboxylic acids is 1. The number of primary amides is 1. The fourth-order valence-corrected chi connectivity index (χ4v) is 2.99. The molecule has 4 heteroatoms. The predicted molar refractivity (Wildman–Crippen MR) is 80.4 cm³/mol. The molecule has 1 amide bonds. The van der Waals surface area contributed by atoms with Crippen LogP contribution in [0.2, 0.25) is 0 Å². The number of anilines is 1. The third-order valence-corrected chi connectivity index (χ3v) is 4.16. The number of amides is 1. The Morgan fingerprint density at radius 1 is 1.24 bits per heavy atom. The van der Waals surface area contributed by atoms with Crippen LogP contribution in [0.1, 0.15) is 23.1 Å². The maximum atomic E-state index is 13.9. The van der Waals surface area contributed by atoms with Crippen LogP contribution < -0.4 is 11.1 Å². The number of nitrogens with one attached hydrogen (secondary N) is 1. The molecule has 0 saturated carbocycles. The van der Waals surface area contributed by atoms with Gasteiger partial charge in [-0.05, 0) is 49.1 Å². The summed E-state index contributed by atoms with van der Waals surface area (Å²) < 4.78 is 13.9. The third kappa shape index (κ3) is 2.17. The molecule has 0 heterocycles. The van der Waals surface area contributed by atoms with Crippen LogP contribution in [0.15, 0.2) is 42.5 Å². The highest BCUT2D eigenvalue weighted by atomic mass is 19.1. The summed E-state index contributed by atoms with van der Waals surface area (Å²) in [6.07, 6.45) is 0.969. The highest BCUT2D eigenvalue weighted by Crippen LogP contribution is 2.40. The molecule has 1 atom stereocenters. The minimum absolute atomic E-state index is 0.277. The van der Waals surface area contributed by atoms with E-state index in [1.165, 1.54) is 6.07 Å². The molecule has 0 aliphatic heterocycles. The van der Waals surface area contributed by atoms with Crippen LogP contribution in [0.25, 0.3) is 0 Å². The van der Waals surface area contributed by atoms with Gasteiger partial charge in [0, 0.05) is 5.69 Å². The largest absolute Gasteiger partial charge is 0.368 e. The zero-order chi connectivity index (χ0) is 15.0. The monoisotopic (exact) mass is 284 g/mol. The number of carbonyl (C=O) groups is 1. The molecule has 1 aliphatic rings. The van der Waals surface area contributed by atoms with Gasteiger partial charge in [0.05, 0.1) is 0 Å². The van der Waals surface area contributed by atoms with Gasteiger partial charge in [0.25, 0.3) is 0 Å². The standard InChI is InChI=1S/C17H17FN2O/c1-11-5-7-12(8-6-11)20-17(16(19)21)10-9-13-14(17)3-2-4-15(13)18/h2-8,20H,9-10H2,1H3,(H2,19,21). The van der Waals surface area contributed by atoms with Crippen molar-refractivity contribution in [1.82, 2.24) is 0 Å². The average molecular weight is 284 g/mol. The SMILES string of the molecule is Cc1ccc(NC2(C(N)=O)CCc3c(F)cccc32)cc1. The van der Waals surface area contributed by atoms with Crippen molar-refractivity contribution in [3.63, 3.8) is 0 Å². The van der Waals surface area contributed by atoms with Gasteiger partial charge in [0.1, 0.15) is 11.4 Å². The summed E-state index contributed by atoms with van der Waals surface area (Å²) >= 11 is 0. The maximum absolute atomic E-state index is 13.9. The van der Waals surface area contributed by atoms with Crippen molar-refractivity contribution >= 4 is 11.6 Å². The summed E-state index contributed by atoms with van der Waals surface area (Å²) in [4.78, 5) is 12.1. The molecule has 1 unspecified atom stereocenters. The van der Waals surface area contributed by atoms with Crippen LogP contribution in [-0.4, -0.2) is 5.91 Å². The molecule has 3 nitrogen and oxygen atoms in total. The lowest BCUT2D eigenvalue weighted by atomic mass is 9.90. The first-order valence-electron chi connectivity index (χ1n) is 6.95. The number of halogens is 1. The molecular weight excluding hydrogens is 267 g/mol. The average Bonchev–Trinajstić information content (AvgIpc) is 2.83. The molecule has 0 spiro atoms. The van der Waals surface area contributed by atoms with Gasteiger partial charge in [-0.3, -0.25) is 4.79 Å². The molecule has 0 bridgehead atoms. The second kappa shape index (κ2) is 4.88. The first-order valence-corrected chi connectivity index (χ1v) is 6.95. The topological polar surface area (TPSA) is 55.1 Å². The van der Waals surface area contributed by atoms with E-state index in [1.54, 1.807) is 12.1 Å². The maximum Gasteiger partial charge on any atom is 0.247 e. The van der Waals surface area contributed by atoms with Gasteiger partial charge in [-0.1, -0.05) is 29.8 Å². The van der Waals surface area contributed by atoms with E-state index >= 15 is 0 Å². The number of aryl methyl sites for hydroxylation is 1. The van der Waals surface area contributed by atoms with E-state index in [4.69, 9.17) is 5.73 Å². The van der Waals surface area contributed by atoms with Crippen LogP contribution >= 0.6 is 0 Å². The van der Waals surface area contributed by atoms with Crippen LogP contribution in [-0.2, 0) is 16.8 Å². The van der Waals surface area contributed by atoms with Crippen molar-refractivity contribution in [3.05, 3.63) is 65.0 Å². The lowest BCUT2D eigenvalue weighted by Crippen LogP contribution is -2.46. The van der Waals surface area contributed by atoms with Gasteiger partial charge in [-0.15, -0.1) is 0 Å². The molecule has 0 aromatic heterocycles. The second-order valence-corrected chi connectivity index (χ2v) is 5.53. The van der Waals surface area contributed by atoms with Crippen LogP contribution in [0.4, 0.5) is 10.1 Å². The Kier molecular flexibility index (Phi) is 3.16. The zero-order valence-electron chi connectivity index (χ0n) is 11.8. The van der Waals surface area contributed by atoms with Gasteiger partial charge in [0.15, 0.2) is 0 Å². The van der Waals surface area contributed by atoms with E-state index in [0.717, 1.165) is 11.3 Å². The zero-order valence-corrected chi connectivity index (χ0v) is 11.8. The Labute approximate surface area is 123 Å². The molecule has 108 valence electrons. The van der Waals surface area contributed by atoms with Crippen molar-refractivity contribution in [2.75, 3.05) is 5.32 Å². The fraction of sp³-hybridized carbons (Fsp3) is 0.235. The highest BCUT2D eigenvalue weighted by Gasteiger charge is 2.45. The quantitative estimate of drug-likeness (QED) is 0.910. The molecule has 0 fully saturated rings. The van der Waals surface area contributed by atoms with Crippen LogP contribution in [0, 0.1) is 12.7 Å². The first kappa shape index (κ1) is 13.6. The molecule has 3 rings (SSSR count). The van der Waals surface area contributed by atoms with Crippen molar-refractivity contribution in [3.8, 4) is 0 Å². The number of hydrogen-bond acceptors (Lipinski definition) is 2. The Hall–Kier alpha value is -2.36. The summed E-state index contributed by atoms with van der Waals surface area (Å²) in [6.45, 7) is 1.99. The van der Waals surface area contributed by atoms with Crippen molar-refractivity contribution in [1.29, 1.82) is 0 Å². The lowest BCUT2D eigenvalue weighted by Gasteiger charge is -2.29. The Balaban J connectivity index is 2.06. The Morgan fingerprint density at radius 3 is 2.62 bits per heavy atom. The Bertz CT molecular complexity index is 696. The number of nitrogens with two attached hydrogens (primary N) is 1. The van der Waals surface area contributed by atoms with E-state index < -0.39 is 11.4 Å². The summed E-state index contributed by atoms with van der Waals surface area (Å²) in [7, 11) is 0. The van der Waals surface area contributed by atoms with Gasteiger partial charge in [-0.25, -0.2) is 4.39 Å². The molecule has 2 aromatic carbocycles. The summed E-state index contributed by atoms with van der Waals surface area (Å²) in [5.74, 6) is -0.756. The van der Waals surface area contributed by atoms with Crippen LogP contribution in [0.5, 0.6) is 0 Å². The van der Waals surface area contributed by atoms with E-state index in [2.05, 4.69) is 5.32 Å². The predicted octanol–water partition coefficient (Wildman–Crippen LogP) is 2.87. The highest BCUT2D eigenvalue weighted by molar-refractivity contribution is 5.91. The van der Waals surface area contributed by atoms with Crippen LogP contribution in [0.3, 0.4) is 0 Å². The molecular formula is C17H17FN2O. The lowest BCUT2D eigenvalue weighted by molar-refractivity contribution is -0.122. The number of benzene rings is 2. The van der Waals surface area contributed by atoms with E-state index in [-0.39, 0.29) is 5.82 Å². The number of fused-ring (bicyclic) bond motifs is 1. The summed E-state index contributed by atoms with van der Waals surface area (Å²) in [6, 6.07) is 12.5. The van der Waals surface area contributed by atoms with E-state index in [1.807, 2.05) is 31.2 Å². The molecule has 3 N–H and O–H groups in total. The van der Waals surface area contributed by atoms with Gasteiger partial charge in [0.2, 0.25) is 5.91 Å². The molecule has 1 aliphatic carbocycles. The second-order valence-electron chi connectivity index (χ2n) is 5.53. The van der Waals surface area contributed by atoms with Gasteiger partial charge >= 0.3 is 0 Å². The van der Waals surface area contributed by atoms with E-state index in [0.29, 0.717) is 24.0 Å². The normalized spacial score (nSPS) is 20.1. The number of rotatable bonds is 3. The third-order valence-electron chi connectivity index (χ3n) is 4.16. The fourth-order valence-electron chi connectivity index (χ4n) is 2.99. The Morgan fingerprint density at radius 2 is 1.95 bits per heavy atom. The van der Waals surface area contributed by atoms with E-state index in [9.17, 15) is 9.18 Å². The summed E-state index contributed by atoms with van der Waals surface area (Å²) in [5, 5.41) is 3.22.